The molecule has 0 aromatic rings. The lowest BCUT2D eigenvalue weighted by molar-refractivity contribution is -0.122. The van der Waals surface area contributed by atoms with Crippen molar-refractivity contribution in [1.82, 2.24) is 5.32 Å². The van der Waals surface area contributed by atoms with Crippen molar-refractivity contribution in [2.24, 2.45) is 11.7 Å². The molecule has 0 fully saturated rings. The van der Waals surface area contributed by atoms with Gasteiger partial charge in [-0.2, -0.15) is 5.26 Å². The van der Waals surface area contributed by atoms with Crippen molar-refractivity contribution in [2.75, 3.05) is 6.54 Å². The number of nitrogens with zero attached hydrogens (tertiary/aromatic N) is 1. The van der Waals surface area contributed by atoms with Crippen molar-refractivity contribution in [3.8, 4) is 6.07 Å². The van der Waals surface area contributed by atoms with Gasteiger partial charge in [-0.3, -0.25) is 4.79 Å². The lowest BCUT2D eigenvalue weighted by Gasteiger charge is -2.13. The molecule has 3 N–H and O–H groups in total. The highest BCUT2D eigenvalue weighted by Crippen LogP contribution is 2.02. The van der Waals surface area contributed by atoms with Crippen LogP contribution in [0.2, 0.25) is 0 Å². The maximum atomic E-state index is 11.3. The molecule has 0 heterocycles. The Hall–Kier alpha value is -1.08. The molecule has 0 saturated heterocycles. The Kier molecular flexibility index (Phi) is 6.77. The average molecular weight is 197 g/mol. The molecule has 0 saturated carbocycles. The first-order chi connectivity index (χ1) is 6.57. The van der Waals surface area contributed by atoms with Crippen molar-refractivity contribution < 1.29 is 4.79 Å². The predicted octanol–water partition coefficient (Wildman–Crippen LogP) is 0.780. The number of amides is 1. The Bertz CT molecular complexity index is 208. The van der Waals surface area contributed by atoms with Gasteiger partial charge in [0.25, 0.3) is 0 Å². The van der Waals surface area contributed by atoms with E-state index in [-0.39, 0.29) is 5.91 Å². The predicted molar refractivity (Wildman–Crippen MR) is 55.3 cm³/mol. The summed E-state index contributed by atoms with van der Waals surface area (Å²) in [5.74, 6) is 0.312. The van der Waals surface area contributed by atoms with Crippen LogP contribution in [-0.4, -0.2) is 18.5 Å². The van der Waals surface area contributed by atoms with Gasteiger partial charge in [0.15, 0.2) is 0 Å². The van der Waals surface area contributed by atoms with E-state index in [0.717, 1.165) is 0 Å². The van der Waals surface area contributed by atoms with Gasteiger partial charge in [-0.05, 0) is 18.8 Å². The van der Waals surface area contributed by atoms with E-state index in [1.807, 2.05) is 19.9 Å². The molecule has 0 unspecified atom stereocenters. The average Bonchev–Trinajstić information content (AvgIpc) is 2.11. The quantitative estimate of drug-likeness (QED) is 0.617. The van der Waals surface area contributed by atoms with Gasteiger partial charge in [0.1, 0.15) is 0 Å². The summed E-state index contributed by atoms with van der Waals surface area (Å²) < 4.78 is 0. The van der Waals surface area contributed by atoms with E-state index in [1.165, 1.54) is 0 Å². The maximum absolute atomic E-state index is 11.3. The monoisotopic (exact) mass is 197 g/mol. The highest BCUT2D eigenvalue weighted by atomic mass is 16.2. The van der Waals surface area contributed by atoms with E-state index in [2.05, 4.69) is 5.32 Å². The lowest BCUT2D eigenvalue weighted by Crippen LogP contribution is -2.41. The largest absolute Gasteiger partial charge is 0.355 e. The van der Waals surface area contributed by atoms with Gasteiger partial charge in [0.2, 0.25) is 5.91 Å². The molecule has 0 aliphatic heterocycles. The van der Waals surface area contributed by atoms with Crippen LogP contribution in [0.4, 0.5) is 0 Å². The van der Waals surface area contributed by atoms with Gasteiger partial charge in [-0.1, -0.05) is 13.8 Å². The van der Waals surface area contributed by atoms with Crippen molar-refractivity contribution in [2.45, 2.75) is 39.2 Å². The third-order valence-corrected chi connectivity index (χ3v) is 1.83. The topological polar surface area (TPSA) is 78.9 Å². The molecule has 0 bridgehead atoms. The summed E-state index contributed by atoms with van der Waals surface area (Å²) in [6.07, 6.45) is 1.86. The van der Waals surface area contributed by atoms with E-state index >= 15 is 0 Å². The molecule has 14 heavy (non-hydrogen) atoms. The van der Waals surface area contributed by atoms with Gasteiger partial charge in [-0.15, -0.1) is 0 Å². The lowest BCUT2D eigenvalue weighted by atomic mass is 10.0. The molecule has 0 aromatic carbocycles. The number of nitrogens with one attached hydrogen (secondary N) is 1. The molecule has 0 aliphatic rings. The zero-order chi connectivity index (χ0) is 11.0. The number of hydrogen-bond donors (Lipinski definition) is 2. The zero-order valence-electron chi connectivity index (χ0n) is 8.92. The number of rotatable bonds is 6. The van der Waals surface area contributed by atoms with Crippen LogP contribution in [-0.2, 0) is 4.79 Å². The fourth-order valence-corrected chi connectivity index (χ4v) is 1.13. The second-order valence-corrected chi connectivity index (χ2v) is 3.79. The molecule has 0 spiro atoms. The Morgan fingerprint density at radius 2 is 2.21 bits per heavy atom. The van der Waals surface area contributed by atoms with Gasteiger partial charge in [-0.25, -0.2) is 0 Å². The third-order valence-electron chi connectivity index (χ3n) is 1.83. The van der Waals surface area contributed by atoms with Crippen LogP contribution in [0.1, 0.15) is 33.1 Å². The summed E-state index contributed by atoms with van der Waals surface area (Å²) in [4.78, 5) is 11.3. The van der Waals surface area contributed by atoms with Crippen molar-refractivity contribution >= 4 is 5.91 Å². The third kappa shape index (κ3) is 6.44. The van der Waals surface area contributed by atoms with Crippen LogP contribution in [0.25, 0.3) is 0 Å². The Labute approximate surface area is 85.5 Å². The number of carbonyl (C=O) groups is 1. The van der Waals surface area contributed by atoms with E-state index in [9.17, 15) is 4.79 Å². The van der Waals surface area contributed by atoms with E-state index in [0.29, 0.717) is 31.7 Å². The molecule has 1 amide bonds. The maximum Gasteiger partial charge on any atom is 0.236 e. The highest BCUT2D eigenvalue weighted by Gasteiger charge is 2.13. The first kappa shape index (κ1) is 12.9. The number of hydrogen-bond acceptors (Lipinski definition) is 3. The second-order valence-electron chi connectivity index (χ2n) is 3.79. The summed E-state index contributed by atoms with van der Waals surface area (Å²) in [5, 5.41) is 11.0. The summed E-state index contributed by atoms with van der Waals surface area (Å²) in [5.41, 5.74) is 5.66. The zero-order valence-corrected chi connectivity index (χ0v) is 8.92. The van der Waals surface area contributed by atoms with Crippen LogP contribution < -0.4 is 11.1 Å². The number of unbranched alkanes of at least 4 members (excludes halogenated alkanes) is 1. The number of carbonyl (C=O) groups excluding carboxylic acids is 1. The molecular formula is C10H19N3O. The standard InChI is InChI=1S/C10H19N3O/c1-8(2)7-9(12)10(14)13-6-4-3-5-11/h8-9H,3-4,6-7,12H2,1-2H3,(H,13,14)/t9-/m1/s1. The van der Waals surface area contributed by atoms with Crippen molar-refractivity contribution in [3.63, 3.8) is 0 Å². The molecule has 4 nitrogen and oxygen atoms in total. The summed E-state index contributed by atoms with van der Waals surface area (Å²) in [6.45, 7) is 4.60. The number of nitriles is 1. The van der Waals surface area contributed by atoms with Crippen LogP contribution in [0, 0.1) is 17.2 Å². The first-order valence-corrected chi connectivity index (χ1v) is 4.98. The normalized spacial score (nSPS) is 12.2. The van der Waals surface area contributed by atoms with Gasteiger partial charge in [0.05, 0.1) is 12.1 Å². The molecule has 80 valence electrons. The van der Waals surface area contributed by atoms with E-state index < -0.39 is 6.04 Å². The molecular weight excluding hydrogens is 178 g/mol. The fraction of sp³-hybridized carbons (Fsp3) is 0.800. The SMILES string of the molecule is CC(C)C[C@@H](N)C(=O)NCCCC#N. The van der Waals surface area contributed by atoms with Crippen LogP contribution >= 0.6 is 0 Å². The van der Waals surface area contributed by atoms with Crippen LogP contribution in [0.5, 0.6) is 0 Å². The molecule has 4 heteroatoms. The van der Waals surface area contributed by atoms with Crippen molar-refractivity contribution in [1.29, 1.82) is 5.26 Å². The van der Waals surface area contributed by atoms with Gasteiger partial charge < -0.3 is 11.1 Å². The minimum absolute atomic E-state index is 0.114. The van der Waals surface area contributed by atoms with E-state index in [1.54, 1.807) is 0 Å². The molecule has 0 aliphatic carbocycles. The highest BCUT2D eigenvalue weighted by molar-refractivity contribution is 5.81. The van der Waals surface area contributed by atoms with Gasteiger partial charge >= 0.3 is 0 Å². The van der Waals surface area contributed by atoms with Crippen LogP contribution in [0.3, 0.4) is 0 Å². The smallest absolute Gasteiger partial charge is 0.236 e. The fourth-order valence-electron chi connectivity index (χ4n) is 1.13. The number of nitrogens with two attached hydrogens (primary N) is 1. The first-order valence-electron chi connectivity index (χ1n) is 4.98. The molecule has 0 radical (unpaired) electrons. The van der Waals surface area contributed by atoms with Crippen LogP contribution in [0.15, 0.2) is 0 Å². The minimum atomic E-state index is -0.419. The Morgan fingerprint density at radius 3 is 2.71 bits per heavy atom. The molecule has 0 rings (SSSR count). The summed E-state index contributed by atoms with van der Waals surface area (Å²) in [6, 6.07) is 1.60. The Morgan fingerprint density at radius 1 is 1.57 bits per heavy atom. The van der Waals surface area contributed by atoms with E-state index in [4.69, 9.17) is 11.0 Å². The van der Waals surface area contributed by atoms with Gasteiger partial charge in [0, 0.05) is 13.0 Å². The molecule has 1 atom stereocenters. The Balaban J connectivity index is 3.58. The minimum Gasteiger partial charge on any atom is -0.355 e. The summed E-state index contributed by atoms with van der Waals surface area (Å²) >= 11 is 0. The summed E-state index contributed by atoms with van der Waals surface area (Å²) in [7, 11) is 0. The van der Waals surface area contributed by atoms with Crippen molar-refractivity contribution in [3.05, 3.63) is 0 Å². The second kappa shape index (κ2) is 7.34. The molecule has 0 aromatic heterocycles.